The first-order valence-corrected chi connectivity index (χ1v) is 8.12. The van der Waals surface area contributed by atoms with Crippen molar-refractivity contribution in [2.75, 3.05) is 0 Å². The first-order valence-electron chi connectivity index (χ1n) is 5.59. The quantitative estimate of drug-likeness (QED) is 0.483. The highest BCUT2D eigenvalue weighted by atomic mass is 28.4. The predicted molar refractivity (Wildman–Crippen MR) is 60.4 cm³/mol. The molecule has 0 saturated heterocycles. The van der Waals surface area contributed by atoms with Gasteiger partial charge in [-0.15, -0.1) is 0 Å². The maximum absolute atomic E-state index is 6.32. The first-order chi connectivity index (χ1) is 6.26. The maximum atomic E-state index is 6.32. The van der Waals surface area contributed by atoms with E-state index < -0.39 is 8.32 Å². The predicted octanol–water partition coefficient (Wildman–Crippen LogP) is 3.73. The van der Waals surface area contributed by atoms with E-state index >= 15 is 0 Å². The summed E-state index contributed by atoms with van der Waals surface area (Å²) in [4.78, 5) is 0. The highest BCUT2D eigenvalue weighted by Gasteiger charge is 2.31. The van der Waals surface area contributed by atoms with E-state index in [1.807, 2.05) is 0 Å². The molecular formula is C11H22OSi. The highest BCUT2D eigenvalue weighted by molar-refractivity contribution is 6.73. The molecule has 76 valence electrons. The van der Waals surface area contributed by atoms with Crippen LogP contribution in [0.3, 0.4) is 0 Å². The zero-order valence-electron chi connectivity index (χ0n) is 9.18. The van der Waals surface area contributed by atoms with Crippen LogP contribution >= 0.6 is 0 Å². The van der Waals surface area contributed by atoms with Crippen molar-refractivity contribution in [1.82, 2.24) is 0 Å². The molecule has 0 N–H and O–H groups in total. The van der Waals surface area contributed by atoms with Gasteiger partial charge in [0.15, 0.2) is 8.32 Å². The van der Waals surface area contributed by atoms with Gasteiger partial charge in [0.25, 0.3) is 0 Å². The first kappa shape index (κ1) is 11.0. The molecule has 0 bridgehead atoms. The maximum Gasteiger partial charge on any atom is 0.192 e. The Morgan fingerprint density at radius 1 is 1.08 bits per heavy atom. The fraction of sp³-hybridized carbons (Fsp3) is 0.818. The lowest BCUT2D eigenvalue weighted by molar-refractivity contribution is 0.200. The van der Waals surface area contributed by atoms with E-state index in [1.54, 1.807) is 0 Å². The molecule has 0 radical (unpaired) electrons. The molecule has 0 heterocycles. The standard InChI is InChI=1S/C11H22OSi/c1-4-13(5-2,6-3)12-11-9-7-8-10-11/h7-8,11H,4-6,9-10H2,1-3H3. The second-order valence-electron chi connectivity index (χ2n) is 3.93. The fourth-order valence-corrected chi connectivity index (χ4v) is 4.94. The molecule has 1 rings (SSSR count). The van der Waals surface area contributed by atoms with Gasteiger partial charge in [0.1, 0.15) is 0 Å². The molecule has 0 unspecified atom stereocenters. The van der Waals surface area contributed by atoms with Crippen LogP contribution in [0.15, 0.2) is 12.2 Å². The molecule has 2 heteroatoms. The summed E-state index contributed by atoms with van der Waals surface area (Å²) in [5.74, 6) is 0. The minimum Gasteiger partial charge on any atom is -0.413 e. The topological polar surface area (TPSA) is 9.23 Å². The van der Waals surface area contributed by atoms with Crippen LogP contribution in [-0.4, -0.2) is 14.4 Å². The summed E-state index contributed by atoms with van der Waals surface area (Å²) in [6.45, 7) is 6.88. The van der Waals surface area contributed by atoms with Crippen LogP contribution in [0.2, 0.25) is 18.1 Å². The lowest BCUT2D eigenvalue weighted by atomic mass is 10.3. The Labute approximate surface area is 83.3 Å². The van der Waals surface area contributed by atoms with Gasteiger partial charge in [-0.3, -0.25) is 0 Å². The average molecular weight is 198 g/mol. The Kier molecular flexibility index (Phi) is 4.20. The monoisotopic (exact) mass is 198 g/mol. The van der Waals surface area contributed by atoms with E-state index in [-0.39, 0.29) is 0 Å². The Hall–Kier alpha value is -0.0831. The van der Waals surface area contributed by atoms with Gasteiger partial charge in [-0.2, -0.15) is 0 Å². The van der Waals surface area contributed by atoms with E-state index in [2.05, 4.69) is 32.9 Å². The summed E-state index contributed by atoms with van der Waals surface area (Å²) in [5.41, 5.74) is 0. The average Bonchev–Trinajstić information content (AvgIpc) is 2.67. The smallest absolute Gasteiger partial charge is 0.192 e. The summed E-state index contributed by atoms with van der Waals surface area (Å²) in [5, 5.41) is 0. The molecule has 0 fully saturated rings. The van der Waals surface area contributed by atoms with Gasteiger partial charge in [-0.1, -0.05) is 32.9 Å². The van der Waals surface area contributed by atoms with Crippen molar-refractivity contribution in [1.29, 1.82) is 0 Å². The molecule has 0 aromatic heterocycles. The Morgan fingerprint density at radius 3 is 1.92 bits per heavy atom. The fourth-order valence-electron chi connectivity index (χ4n) is 2.04. The lowest BCUT2D eigenvalue weighted by Crippen LogP contribution is -2.39. The van der Waals surface area contributed by atoms with E-state index in [1.165, 1.54) is 18.1 Å². The van der Waals surface area contributed by atoms with Gasteiger partial charge < -0.3 is 4.43 Å². The van der Waals surface area contributed by atoms with Crippen molar-refractivity contribution >= 4 is 8.32 Å². The van der Waals surface area contributed by atoms with Crippen molar-refractivity contribution < 1.29 is 4.43 Å². The minimum atomic E-state index is -1.32. The van der Waals surface area contributed by atoms with Gasteiger partial charge in [0.2, 0.25) is 0 Å². The van der Waals surface area contributed by atoms with Crippen molar-refractivity contribution in [2.24, 2.45) is 0 Å². The third kappa shape index (κ3) is 2.68. The number of hydrogen-bond donors (Lipinski definition) is 0. The third-order valence-electron chi connectivity index (χ3n) is 3.31. The van der Waals surface area contributed by atoms with E-state index in [4.69, 9.17) is 4.43 Å². The van der Waals surface area contributed by atoms with Crippen molar-refractivity contribution in [3.63, 3.8) is 0 Å². The molecule has 0 aliphatic heterocycles. The van der Waals surface area contributed by atoms with Crippen molar-refractivity contribution in [3.8, 4) is 0 Å². The normalized spacial score (nSPS) is 18.4. The lowest BCUT2D eigenvalue weighted by Gasteiger charge is -2.31. The van der Waals surface area contributed by atoms with Crippen molar-refractivity contribution in [2.45, 2.75) is 57.8 Å². The zero-order chi connectivity index (χ0) is 9.73. The molecule has 0 amide bonds. The van der Waals surface area contributed by atoms with Crippen LogP contribution in [-0.2, 0) is 4.43 Å². The molecule has 0 spiro atoms. The second-order valence-corrected chi connectivity index (χ2v) is 8.65. The second kappa shape index (κ2) is 4.96. The summed E-state index contributed by atoms with van der Waals surface area (Å²) < 4.78 is 6.32. The van der Waals surface area contributed by atoms with Crippen LogP contribution in [0.25, 0.3) is 0 Å². The van der Waals surface area contributed by atoms with Crippen molar-refractivity contribution in [3.05, 3.63) is 12.2 Å². The highest BCUT2D eigenvalue weighted by Crippen LogP contribution is 2.27. The van der Waals surface area contributed by atoms with E-state index in [0.29, 0.717) is 6.10 Å². The van der Waals surface area contributed by atoms with E-state index in [0.717, 1.165) is 12.8 Å². The molecule has 1 aliphatic carbocycles. The molecule has 0 saturated carbocycles. The summed E-state index contributed by atoms with van der Waals surface area (Å²) in [6, 6.07) is 3.82. The third-order valence-corrected chi connectivity index (χ3v) is 8.01. The summed E-state index contributed by atoms with van der Waals surface area (Å²) >= 11 is 0. The van der Waals surface area contributed by atoms with Crippen LogP contribution in [0.5, 0.6) is 0 Å². The molecule has 1 aliphatic rings. The largest absolute Gasteiger partial charge is 0.413 e. The van der Waals surface area contributed by atoms with Gasteiger partial charge in [-0.05, 0) is 31.0 Å². The molecule has 13 heavy (non-hydrogen) atoms. The van der Waals surface area contributed by atoms with Crippen LogP contribution in [0.1, 0.15) is 33.6 Å². The summed E-state index contributed by atoms with van der Waals surface area (Å²) in [6.07, 6.45) is 7.32. The zero-order valence-corrected chi connectivity index (χ0v) is 10.2. The molecule has 0 atom stereocenters. The molecular weight excluding hydrogens is 176 g/mol. The number of hydrogen-bond acceptors (Lipinski definition) is 1. The van der Waals surface area contributed by atoms with Crippen LogP contribution in [0.4, 0.5) is 0 Å². The van der Waals surface area contributed by atoms with Gasteiger partial charge >= 0.3 is 0 Å². The Morgan fingerprint density at radius 2 is 1.54 bits per heavy atom. The summed E-state index contributed by atoms with van der Waals surface area (Å²) in [7, 11) is -1.32. The minimum absolute atomic E-state index is 0.520. The molecule has 0 aromatic carbocycles. The van der Waals surface area contributed by atoms with Gasteiger partial charge in [0.05, 0.1) is 6.10 Å². The molecule has 0 aromatic rings. The van der Waals surface area contributed by atoms with E-state index in [9.17, 15) is 0 Å². The number of rotatable bonds is 5. The molecule has 1 nitrogen and oxygen atoms in total. The Bertz CT molecular complexity index is 157. The van der Waals surface area contributed by atoms with Crippen LogP contribution < -0.4 is 0 Å². The Balaban J connectivity index is 2.45. The van der Waals surface area contributed by atoms with Gasteiger partial charge in [-0.25, -0.2) is 0 Å². The van der Waals surface area contributed by atoms with Gasteiger partial charge in [0, 0.05) is 0 Å². The van der Waals surface area contributed by atoms with Crippen LogP contribution in [0, 0.1) is 0 Å². The SMILES string of the molecule is CC[Si](CC)(CC)OC1CC=CC1.